The fourth-order valence-electron chi connectivity index (χ4n) is 6.67. The van der Waals surface area contributed by atoms with Crippen LogP contribution in [0.5, 0.6) is 5.88 Å². The summed E-state index contributed by atoms with van der Waals surface area (Å²) in [6.07, 6.45) is 5.54. The van der Waals surface area contributed by atoms with Gasteiger partial charge in [0.15, 0.2) is 0 Å². The van der Waals surface area contributed by atoms with E-state index in [1.54, 1.807) is 23.2 Å². The number of rotatable bonds is 12. The summed E-state index contributed by atoms with van der Waals surface area (Å²) in [5, 5.41) is 15.5. The number of benzene rings is 2. The molecule has 2 saturated heterocycles. The molecule has 0 spiro atoms. The summed E-state index contributed by atoms with van der Waals surface area (Å²) < 4.78 is 14.6. The summed E-state index contributed by atoms with van der Waals surface area (Å²) in [5.41, 5.74) is 5.63. The first-order valence-corrected chi connectivity index (χ1v) is 17.6. The number of amides is 1. The van der Waals surface area contributed by atoms with Crippen molar-refractivity contribution in [3.8, 4) is 39.4 Å². The normalized spacial score (nSPS) is 17.5. The minimum absolute atomic E-state index is 0.0960. The van der Waals surface area contributed by atoms with Crippen molar-refractivity contribution in [1.82, 2.24) is 35.1 Å². The first-order valence-electron chi connectivity index (χ1n) is 16.8. The van der Waals surface area contributed by atoms with Gasteiger partial charge in [-0.15, -0.1) is 0 Å². The number of nitrogens with zero attached hydrogens (tertiary/aromatic N) is 4. The maximum Gasteiger partial charge on any atom is 0.277 e. The number of hydrogen-bond donors (Lipinski definition) is 3. The van der Waals surface area contributed by atoms with Gasteiger partial charge in [0.25, 0.3) is 5.56 Å². The lowest BCUT2D eigenvalue weighted by molar-refractivity contribution is -0.119. The lowest BCUT2D eigenvalue weighted by atomic mass is 9.97. The van der Waals surface area contributed by atoms with Crippen LogP contribution in [-0.2, 0) is 29.7 Å². The molecule has 2 fully saturated rings. The van der Waals surface area contributed by atoms with E-state index in [2.05, 4.69) is 16.0 Å². The van der Waals surface area contributed by atoms with Crippen LogP contribution < -0.4 is 26.2 Å². The largest absolute Gasteiger partial charge is 0.481 e. The zero-order valence-electron chi connectivity index (χ0n) is 28.0. The first kappa shape index (κ1) is 34.2. The molecule has 2 atom stereocenters. The third kappa shape index (κ3) is 7.01. The second kappa shape index (κ2) is 14.9. The molecule has 0 aliphatic carbocycles. The van der Waals surface area contributed by atoms with Crippen LogP contribution in [0.15, 0.2) is 65.6 Å². The number of hydrogen-bond acceptors (Lipinski definition) is 8. The molecular weight excluding hydrogens is 677 g/mol. The van der Waals surface area contributed by atoms with Gasteiger partial charge in [0.1, 0.15) is 11.3 Å². The minimum Gasteiger partial charge on any atom is -0.481 e. The van der Waals surface area contributed by atoms with E-state index in [0.29, 0.717) is 65.6 Å². The van der Waals surface area contributed by atoms with E-state index in [0.717, 1.165) is 59.3 Å². The standard InChI is InChI=1S/C37H39Cl2N7O4/c1-45-32(20-41-19-25-6-5-15-50-25)44-46-21-23(16-31(46)37(45)48)26-7-3-8-27(34(26)38)28-9-4-10-29(35(28)39)30-13-11-22(36(43-30)49-2)17-40-18-24-12-14-33(47)42-24/h3-4,7-11,13,16,21,24-25,40-41H,5-6,12,14-15,17-20H2,1-2H3,(H,42,47)/t24-,25?/m0/s1. The molecule has 7 rings (SSSR count). The molecule has 2 aliphatic heterocycles. The van der Waals surface area contributed by atoms with Gasteiger partial charge in [-0.2, -0.15) is 5.10 Å². The summed E-state index contributed by atoms with van der Waals surface area (Å²) in [4.78, 5) is 29.7. The Morgan fingerprint density at radius 3 is 2.42 bits per heavy atom. The summed E-state index contributed by atoms with van der Waals surface area (Å²) in [6, 6.07) is 17.4. The zero-order valence-corrected chi connectivity index (χ0v) is 29.5. The topological polar surface area (TPSA) is 124 Å². The summed E-state index contributed by atoms with van der Waals surface area (Å²) in [6.45, 7) is 3.18. The van der Waals surface area contributed by atoms with E-state index in [1.165, 1.54) is 0 Å². The molecule has 0 radical (unpaired) electrons. The third-order valence-corrected chi connectivity index (χ3v) is 10.2. The van der Waals surface area contributed by atoms with Gasteiger partial charge in [-0.3, -0.25) is 14.2 Å². The van der Waals surface area contributed by atoms with E-state index in [9.17, 15) is 9.59 Å². The van der Waals surface area contributed by atoms with E-state index >= 15 is 0 Å². The minimum atomic E-state index is -0.143. The number of aromatic nitrogens is 4. The molecule has 1 unspecified atom stereocenters. The Hall–Kier alpha value is -4.26. The molecule has 0 saturated carbocycles. The van der Waals surface area contributed by atoms with Gasteiger partial charge in [-0.1, -0.05) is 65.7 Å². The molecule has 3 aromatic heterocycles. The number of nitrogens with one attached hydrogen (secondary N) is 3. The van der Waals surface area contributed by atoms with Crippen molar-refractivity contribution in [2.45, 2.75) is 50.9 Å². The smallest absolute Gasteiger partial charge is 0.277 e. The number of fused-ring (bicyclic) bond motifs is 1. The van der Waals surface area contributed by atoms with Gasteiger partial charge >= 0.3 is 0 Å². The van der Waals surface area contributed by atoms with Crippen molar-refractivity contribution < 1.29 is 14.3 Å². The second-order valence-electron chi connectivity index (χ2n) is 12.7. The number of halogens is 2. The van der Waals surface area contributed by atoms with E-state index in [1.807, 2.05) is 60.8 Å². The van der Waals surface area contributed by atoms with E-state index in [-0.39, 0.29) is 23.6 Å². The van der Waals surface area contributed by atoms with Crippen LogP contribution in [0.1, 0.15) is 37.1 Å². The molecule has 2 aliphatic rings. The zero-order chi connectivity index (χ0) is 34.8. The van der Waals surface area contributed by atoms with Crippen LogP contribution in [0.2, 0.25) is 10.0 Å². The first-order chi connectivity index (χ1) is 24.3. The van der Waals surface area contributed by atoms with E-state index in [4.69, 9.17) is 42.8 Å². The van der Waals surface area contributed by atoms with Crippen molar-refractivity contribution >= 4 is 34.6 Å². The summed E-state index contributed by atoms with van der Waals surface area (Å²) >= 11 is 14.2. The number of methoxy groups -OCH3 is 1. The number of carbonyl (C=O) groups excluding carboxylic acids is 1. The molecular formula is C37H39Cl2N7O4. The van der Waals surface area contributed by atoms with Crippen molar-refractivity contribution in [2.75, 3.05) is 26.8 Å². The average molecular weight is 717 g/mol. The SMILES string of the molecule is COc1nc(-c2cccc(-c3cccc(-c4cc5c(=O)n(C)c(CNCC6CCCO6)nn5c4)c3Cl)c2Cl)ccc1CNC[C@@H]1CCC(=O)N1. The van der Waals surface area contributed by atoms with Crippen LogP contribution in [0.25, 0.3) is 39.0 Å². The monoisotopic (exact) mass is 715 g/mol. The van der Waals surface area contributed by atoms with Crippen molar-refractivity contribution in [2.24, 2.45) is 7.05 Å². The van der Waals surface area contributed by atoms with Crippen molar-refractivity contribution in [3.05, 3.63) is 92.6 Å². The summed E-state index contributed by atoms with van der Waals surface area (Å²) in [7, 11) is 3.33. The number of ether oxygens (including phenoxy) is 2. The van der Waals surface area contributed by atoms with Crippen LogP contribution in [0, 0.1) is 0 Å². The Morgan fingerprint density at radius 1 is 0.960 bits per heavy atom. The van der Waals surface area contributed by atoms with Gasteiger partial charge in [0, 0.05) is 85.3 Å². The molecule has 11 nitrogen and oxygen atoms in total. The molecule has 0 bridgehead atoms. The molecule has 2 aromatic carbocycles. The molecule has 5 heterocycles. The predicted molar refractivity (Wildman–Crippen MR) is 195 cm³/mol. The highest BCUT2D eigenvalue weighted by molar-refractivity contribution is 6.39. The van der Waals surface area contributed by atoms with Gasteiger partial charge < -0.3 is 25.4 Å². The lowest BCUT2D eigenvalue weighted by Gasteiger charge is -2.15. The second-order valence-corrected chi connectivity index (χ2v) is 13.5. The number of pyridine rings is 1. The fraction of sp³-hybridized carbons (Fsp3) is 0.351. The number of carbonyl (C=O) groups is 1. The van der Waals surface area contributed by atoms with Gasteiger partial charge in [0.05, 0.1) is 35.5 Å². The quantitative estimate of drug-likeness (QED) is 0.157. The van der Waals surface area contributed by atoms with Crippen molar-refractivity contribution in [1.29, 1.82) is 0 Å². The molecule has 3 N–H and O–H groups in total. The predicted octanol–water partition coefficient (Wildman–Crippen LogP) is 5.38. The highest BCUT2D eigenvalue weighted by Gasteiger charge is 2.22. The summed E-state index contributed by atoms with van der Waals surface area (Å²) in [5.74, 6) is 1.22. The molecule has 5 aromatic rings. The van der Waals surface area contributed by atoms with E-state index < -0.39 is 0 Å². The van der Waals surface area contributed by atoms with Crippen LogP contribution >= 0.6 is 23.2 Å². The molecule has 260 valence electrons. The highest BCUT2D eigenvalue weighted by atomic mass is 35.5. The Labute approximate surface area is 299 Å². The van der Waals surface area contributed by atoms with Gasteiger partial charge in [-0.25, -0.2) is 9.50 Å². The van der Waals surface area contributed by atoms with Crippen LogP contribution in [0.4, 0.5) is 0 Å². The van der Waals surface area contributed by atoms with Crippen LogP contribution in [-0.4, -0.2) is 64.0 Å². The highest BCUT2D eigenvalue weighted by Crippen LogP contribution is 2.42. The fourth-order valence-corrected chi connectivity index (χ4v) is 7.33. The van der Waals surface area contributed by atoms with Gasteiger partial charge in [-0.05, 0) is 31.4 Å². The third-order valence-electron chi connectivity index (χ3n) is 9.41. The molecule has 1 amide bonds. The van der Waals surface area contributed by atoms with Crippen molar-refractivity contribution in [3.63, 3.8) is 0 Å². The van der Waals surface area contributed by atoms with Gasteiger partial charge in [0.2, 0.25) is 11.8 Å². The van der Waals surface area contributed by atoms with Crippen LogP contribution in [0.3, 0.4) is 0 Å². The Balaban J connectivity index is 1.13. The molecule has 13 heteroatoms. The Bertz CT molecular complexity index is 2110. The molecule has 50 heavy (non-hydrogen) atoms. The average Bonchev–Trinajstić information content (AvgIpc) is 3.89. The Kier molecular flexibility index (Phi) is 10.2. The lowest BCUT2D eigenvalue weighted by Crippen LogP contribution is -2.35. The Morgan fingerprint density at radius 2 is 1.70 bits per heavy atom. The maximum atomic E-state index is 13.4. The maximum absolute atomic E-state index is 13.4.